The van der Waals surface area contributed by atoms with Crippen molar-refractivity contribution in [2.24, 2.45) is 5.92 Å². The van der Waals surface area contributed by atoms with E-state index in [2.05, 4.69) is 0 Å². The monoisotopic (exact) mass is 242 g/mol. The van der Waals surface area contributed by atoms with Crippen molar-refractivity contribution in [1.82, 2.24) is 0 Å². The molecule has 1 heterocycles. The fourth-order valence-electron chi connectivity index (χ4n) is 1.88. The predicted molar refractivity (Wildman–Crippen MR) is 66.6 cm³/mol. The molecule has 82 valence electrons. The second-order valence-corrected chi connectivity index (χ2v) is 5.61. The first kappa shape index (κ1) is 11.3. The van der Waals surface area contributed by atoms with Crippen molar-refractivity contribution >= 4 is 23.4 Å². The maximum absolute atomic E-state index is 10.0. The van der Waals surface area contributed by atoms with Gasteiger partial charge in [0, 0.05) is 5.02 Å². The summed E-state index contributed by atoms with van der Waals surface area (Å²) in [6.07, 6.45) is 1.71. The third kappa shape index (κ3) is 3.13. The second-order valence-electron chi connectivity index (χ2n) is 4.02. The van der Waals surface area contributed by atoms with Crippen LogP contribution in [0.25, 0.3) is 0 Å². The summed E-state index contributed by atoms with van der Waals surface area (Å²) in [4.78, 5) is 0. The quantitative estimate of drug-likeness (QED) is 0.880. The molecule has 0 aromatic heterocycles. The van der Waals surface area contributed by atoms with Crippen LogP contribution in [-0.2, 0) is 6.42 Å². The van der Waals surface area contributed by atoms with E-state index < -0.39 is 0 Å². The number of aliphatic hydroxyl groups is 1. The van der Waals surface area contributed by atoms with Crippen molar-refractivity contribution in [3.63, 3.8) is 0 Å². The number of hydrogen-bond acceptors (Lipinski definition) is 2. The summed E-state index contributed by atoms with van der Waals surface area (Å²) in [5.74, 6) is 2.78. The van der Waals surface area contributed by atoms with Gasteiger partial charge >= 0.3 is 0 Å². The zero-order chi connectivity index (χ0) is 10.7. The van der Waals surface area contributed by atoms with Crippen LogP contribution in [-0.4, -0.2) is 22.7 Å². The van der Waals surface area contributed by atoms with Gasteiger partial charge in [-0.2, -0.15) is 11.8 Å². The van der Waals surface area contributed by atoms with Gasteiger partial charge in [0.25, 0.3) is 0 Å². The maximum atomic E-state index is 10.0. The molecule has 1 aromatic rings. The maximum Gasteiger partial charge on any atom is 0.0616 e. The third-order valence-electron chi connectivity index (χ3n) is 2.87. The zero-order valence-electron chi connectivity index (χ0n) is 8.53. The van der Waals surface area contributed by atoms with Crippen LogP contribution >= 0.6 is 23.4 Å². The Morgan fingerprint density at radius 3 is 2.73 bits per heavy atom. The molecule has 1 N–H and O–H groups in total. The van der Waals surface area contributed by atoms with Gasteiger partial charge < -0.3 is 5.11 Å². The lowest BCUT2D eigenvalue weighted by molar-refractivity contribution is 0.120. The number of thioether (sulfide) groups is 1. The molecule has 2 atom stereocenters. The van der Waals surface area contributed by atoms with Crippen molar-refractivity contribution in [3.05, 3.63) is 34.9 Å². The minimum atomic E-state index is -0.193. The zero-order valence-corrected chi connectivity index (χ0v) is 10.1. The molecule has 1 aliphatic heterocycles. The Morgan fingerprint density at radius 1 is 1.40 bits per heavy atom. The first-order valence-electron chi connectivity index (χ1n) is 5.26. The Hall–Kier alpha value is -0.180. The minimum absolute atomic E-state index is 0.193. The van der Waals surface area contributed by atoms with Crippen molar-refractivity contribution in [3.8, 4) is 0 Å². The van der Waals surface area contributed by atoms with E-state index in [4.69, 9.17) is 11.6 Å². The fourth-order valence-corrected chi connectivity index (χ4v) is 3.34. The molecule has 1 aromatic carbocycles. The van der Waals surface area contributed by atoms with E-state index in [0.717, 1.165) is 23.6 Å². The molecule has 0 aliphatic carbocycles. The molecule has 1 aliphatic rings. The largest absolute Gasteiger partial charge is 0.392 e. The first-order valence-corrected chi connectivity index (χ1v) is 6.79. The Bertz CT molecular complexity index is 306. The van der Waals surface area contributed by atoms with Crippen molar-refractivity contribution in [1.29, 1.82) is 0 Å². The van der Waals surface area contributed by atoms with Crippen LogP contribution in [0.5, 0.6) is 0 Å². The van der Waals surface area contributed by atoms with Gasteiger partial charge in [0.2, 0.25) is 0 Å². The summed E-state index contributed by atoms with van der Waals surface area (Å²) in [6, 6.07) is 7.75. The Kier molecular flexibility index (Phi) is 3.95. The standard InChI is InChI=1S/C12H15ClOS/c13-11-3-1-9(2-4-11)7-12(14)10-5-6-15-8-10/h1-4,10,12,14H,5-8H2. The predicted octanol–water partition coefficient (Wildman–Crippen LogP) is 3.00. The highest BCUT2D eigenvalue weighted by atomic mass is 35.5. The molecule has 0 amide bonds. The minimum Gasteiger partial charge on any atom is -0.392 e. The van der Waals surface area contributed by atoms with Crippen LogP contribution in [0, 0.1) is 5.92 Å². The van der Waals surface area contributed by atoms with Gasteiger partial charge in [-0.05, 0) is 48.0 Å². The normalized spacial score (nSPS) is 22.9. The number of hydrogen-bond donors (Lipinski definition) is 1. The summed E-state index contributed by atoms with van der Waals surface area (Å²) in [5.41, 5.74) is 1.17. The molecule has 0 radical (unpaired) electrons. The van der Waals surface area contributed by atoms with Gasteiger partial charge in [0.05, 0.1) is 6.10 Å². The fraction of sp³-hybridized carbons (Fsp3) is 0.500. The molecule has 1 fully saturated rings. The lowest BCUT2D eigenvalue weighted by atomic mass is 9.96. The van der Waals surface area contributed by atoms with Crippen LogP contribution in [0.1, 0.15) is 12.0 Å². The first-order chi connectivity index (χ1) is 7.25. The molecular weight excluding hydrogens is 228 g/mol. The van der Waals surface area contributed by atoms with Gasteiger partial charge in [-0.15, -0.1) is 0 Å². The molecule has 15 heavy (non-hydrogen) atoms. The molecule has 0 bridgehead atoms. The van der Waals surface area contributed by atoms with Crippen LogP contribution in [0.4, 0.5) is 0 Å². The van der Waals surface area contributed by atoms with Gasteiger partial charge in [-0.1, -0.05) is 23.7 Å². The summed E-state index contributed by atoms with van der Waals surface area (Å²) >= 11 is 7.75. The molecular formula is C12H15ClOS. The second kappa shape index (κ2) is 5.24. The van der Waals surface area contributed by atoms with E-state index in [1.807, 2.05) is 36.0 Å². The van der Waals surface area contributed by atoms with Crippen molar-refractivity contribution in [2.75, 3.05) is 11.5 Å². The van der Waals surface area contributed by atoms with Gasteiger partial charge in [0.1, 0.15) is 0 Å². The van der Waals surface area contributed by atoms with Crippen LogP contribution in [0.3, 0.4) is 0 Å². The van der Waals surface area contributed by atoms with Gasteiger partial charge in [0.15, 0.2) is 0 Å². The molecule has 1 saturated heterocycles. The van der Waals surface area contributed by atoms with Crippen LogP contribution in [0.2, 0.25) is 5.02 Å². The molecule has 3 heteroatoms. The van der Waals surface area contributed by atoms with Gasteiger partial charge in [-0.3, -0.25) is 0 Å². The highest BCUT2D eigenvalue weighted by Gasteiger charge is 2.23. The molecule has 0 saturated carbocycles. The summed E-state index contributed by atoms with van der Waals surface area (Å²) in [6.45, 7) is 0. The van der Waals surface area contributed by atoms with E-state index in [1.54, 1.807) is 0 Å². The van der Waals surface area contributed by atoms with E-state index >= 15 is 0 Å². The Morgan fingerprint density at radius 2 is 2.13 bits per heavy atom. The molecule has 1 nitrogen and oxygen atoms in total. The molecule has 0 spiro atoms. The van der Waals surface area contributed by atoms with E-state index in [0.29, 0.717) is 5.92 Å². The van der Waals surface area contributed by atoms with Crippen molar-refractivity contribution < 1.29 is 5.11 Å². The summed E-state index contributed by atoms with van der Waals surface area (Å²) in [5, 5.41) is 10.8. The highest BCUT2D eigenvalue weighted by Crippen LogP contribution is 2.27. The third-order valence-corrected chi connectivity index (χ3v) is 4.31. The SMILES string of the molecule is OC(Cc1ccc(Cl)cc1)C1CCSC1. The number of rotatable bonds is 3. The Labute approximate surface area is 99.8 Å². The van der Waals surface area contributed by atoms with Crippen molar-refractivity contribution in [2.45, 2.75) is 18.9 Å². The van der Waals surface area contributed by atoms with Gasteiger partial charge in [-0.25, -0.2) is 0 Å². The highest BCUT2D eigenvalue weighted by molar-refractivity contribution is 7.99. The summed E-state index contributed by atoms with van der Waals surface area (Å²) in [7, 11) is 0. The van der Waals surface area contributed by atoms with E-state index in [-0.39, 0.29) is 6.10 Å². The van der Waals surface area contributed by atoms with E-state index in [1.165, 1.54) is 11.3 Å². The molecule has 2 unspecified atom stereocenters. The average Bonchev–Trinajstić information content (AvgIpc) is 2.74. The van der Waals surface area contributed by atoms with E-state index in [9.17, 15) is 5.11 Å². The van der Waals surface area contributed by atoms with Crippen LogP contribution in [0.15, 0.2) is 24.3 Å². The lowest BCUT2D eigenvalue weighted by Gasteiger charge is -2.16. The lowest BCUT2D eigenvalue weighted by Crippen LogP contribution is -2.22. The summed E-state index contributed by atoms with van der Waals surface area (Å²) < 4.78 is 0. The number of aliphatic hydroxyl groups excluding tert-OH is 1. The topological polar surface area (TPSA) is 20.2 Å². The smallest absolute Gasteiger partial charge is 0.0616 e. The van der Waals surface area contributed by atoms with Crippen LogP contribution < -0.4 is 0 Å². The molecule has 2 rings (SSSR count). The average molecular weight is 243 g/mol. The Balaban J connectivity index is 1.92. The number of halogens is 1. The number of benzene rings is 1.